The van der Waals surface area contributed by atoms with Gasteiger partial charge in [0.2, 0.25) is 6.17 Å². The van der Waals surface area contributed by atoms with Gasteiger partial charge in [0.25, 0.3) is 5.91 Å². The van der Waals surface area contributed by atoms with Crippen molar-refractivity contribution < 1.29 is 9.18 Å². The molecule has 1 aliphatic rings. The maximum absolute atomic E-state index is 14.6. The maximum Gasteiger partial charge on any atom is 0.261 e. The molecule has 1 fully saturated rings. The quantitative estimate of drug-likeness (QED) is 0.721. The zero-order chi connectivity index (χ0) is 20.4. The summed E-state index contributed by atoms with van der Waals surface area (Å²) in [6.45, 7) is 2.96. The fourth-order valence-corrected chi connectivity index (χ4v) is 3.68. The van der Waals surface area contributed by atoms with Crippen LogP contribution in [0.15, 0.2) is 55.0 Å². The summed E-state index contributed by atoms with van der Waals surface area (Å²) in [4.78, 5) is 23.1. The minimum Gasteiger partial charge on any atom is -0.365 e. The van der Waals surface area contributed by atoms with E-state index in [2.05, 4.69) is 15.3 Å². The van der Waals surface area contributed by atoms with E-state index in [9.17, 15) is 9.18 Å². The Kier molecular flexibility index (Phi) is 5.29. The lowest BCUT2D eigenvalue weighted by Crippen LogP contribution is -2.34. The Hall–Kier alpha value is -3.22. The van der Waals surface area contributed by atoms with E-state index in [1.807, 2.05) is 42.9 Å². The topological polar surface area (TPSA) is 63.1 Å². The van der Waals surface area contributed by atoms with Crippen LogP contribution in [0, 0.1) is 6.92 Å². The minimum atomic E-state index is -1.62. The van der Waals surface area contributed by atoms with Crippen LogP contribution >= 0.6 is 0 Å². The van der Waals surface area contributed by atoms with Crippen molar-refractivity contribution in [2.75, 3.05) is 18.4 Å². The third-order valence-electron chi connectivity index (χ3n) is 5.23. The summed E-state index contributed by atoms with van der Waals surface area (Å²) in [7, 11) is 1.93. The Morgan fingerprint density at radius 3 is 2.72 bits per heavy atom. The van der Waals surface area contributed by atoms with Gasteiger partial charge in [0.1, 0.15) is 5.82 Å². The van der Waals surface area contributed by atoms with Crippen LogP contribution in [-0.4, -0.2) is 44.5 Å². The van der Waals surface area contributed by atoms with Crippen molar-refractivity contribution in [1.29, 1.82) is 0 Å². The maximum atomic E-state index is 14.6. The second kappa shape index (κ2) is 8.03. The molecule has 0 saturated carbocycles. The number of amides is 1. The molecule has 1 aromatic carbocycles. The van der Waals surface area contributed by atoms with E-state index in [-0.39, 0.29) is 6.04 Å². The highest BCUT2D eigenvalue weighted by atomic mass is 19.1. The molecule has 7 heteroatoms. The Bertz CT molecular complexity index is 1000. The number of alkyl halides is 1. The van der Waals surface area contributed by atoms with Crippen molar-refractivity contribution in [3.63, 3.8) is 0 Å². The van der Waals surface area contributed by atoms with Crippen LogP contribution in [-0.2, 0) is 11.8 Å². The summed E-state index contributed by atoms with van der Waals surface area (Å²) in [5, 5.41) is 3.38. The van der Waals surface area contributed by atoms with E-state index in [0.29, 0.717) is 18.7 Å². The number of imidazole rings is 1. The van der Waals surface area contributed by atoms with Gasteiger partial charge in [0.15, 0.2) is 0 Å². The Labute approximate surface area is 169 Å². The lowest BCUT2D eigenvalue weighted by Gasteiger charge is -2.20. The molecule has 29 heavy (non-hydrogen) atoms. The predicted molar refractivity (Wildman–Crippen MR) is 110 cm³/mol. The number of aryl methyl sites for hydroxylation is 2. The van der Waals surface area contributed by atoms with Crippen LogP contribution in [0.4, 0.5) is 10.2 Å². The van der Waals surface area contributed by atoms with Crippen molar-refractivity contribution >= 4 is 11.7 Å². The van der Waals surface area contributed by atoms with Crippen molar-refractivity contribution in [2.45, 2.75) is 25.6 Å². The second-order valence-electron chi connectivity index (χ2n) is 7.44. The number of carbonyl (C=O) groups is 1. The van der Waals surface area contributed by atoms with Crippen molar-refractivity contribution in [2.24, 2.45) is 7.05 Å². The third-order valence-corrected chi connectivity index (χ3v) is 5.23. The fraction of sp³-hybridized carbons (Fsp3) is 0.318. The van der Waals surface area contributed by atoms with Crippen LogP contribution in [0.3, 0.4) is 0 Å². The van der Waals surface area contributed by atoms with Crippen LogP contribution in [0.1, 0.15) is 23.8 Å². The number of rotatable bonds is 5. The van der Waals surface area contributed by atoms with Gasteiger partial charge in [-0.3, -0.25) is 4.79 Å². The molecule has 3 heterocycles. The average Bonchev–Trinajstić information content (AvgIpc) is 3.37. The highest BCUT2D eigenvalue weighted by Crippen LogP contribution is 2.25. The first-order valence-electron chi connectivity index (χ1n) is 9.71. The molecule has 0 aliphatic carbocycles. The monoisotopic (exact) mass is 393 g/mol. The number of hydrogen-bond acceptors (Lipinski definition) is 4. The molecule has 6 nitrogen and oxygen atoms in total. The van der Waals surface area contributed by atoms with Gasteiger partial charge in [-0.05, 0) is 31.0 Å². The molecule has 0 spiro atoms. The highest BCUT2D eigenvalue weighted by Gasteiger charge is 2.31. The van der Waals surface area contributed by atoms with Crippen LogP contribution in [0.5, 0.6) is 0 Å². The summed E-state index contributed by atoms with van der Waals surface area (Å²) in [5.74, 6) is 0.275. The highest BCUT2D eigenvalue weighted by molar-refractivity contribution is 5.82. The number of anilines is 1. The summed E-state index contributed by atoms with van der Waals surface area (Å²) >= 11 is 0. The van der Waals surface area contributed by atoms with E-state index >= 15 is 0 Å². The SMILES string of the molecule is Cc1nc(N[C@H]2CCN(C(=O)[C@H](F)c3ccccc3)C2)ccc1-c1cn(C)cn1. The molecule has 0 bridgehead atoms. The standard InChI is InChI=1S/C22H24FN5O/c1-15-18(19-13-27(2)14-24-19)8-9-20(25-15)26-17-10-11-28(12-17)22(29)21(23)16-6-4-3-5-7-16/h3-9,13-14,17,21H,10-12H2,1-2H3,(H,25,26)/t17-,21+/m0/s1. The Morgan fingerprint density at radius 1 is 1.24 bits per heavy atom. The summed E-state index contributed by atoms with van der Waals surface area (Å²) in [5.41, 5.74) is 3.16. The number of benzene rings is 1. The summed E-state index contributed by atoms with van der Waals surface area (Å²) in [6.07, 6.45) is 2.86. The smallest absolute Gasteiger partial charge is 0.261 e. The molecule has 3 aromatic rings. The van der Waals surface area contributed by atoms with Crippen LogP contribution < -0.4 is 5.32 Å². The van der Waals surface area contributed by atoms with Crippen molar-refractivity contribution in [3.05, 3.63) is 66.2 Å². The largest absolute Gasteiger partial charge is 0.365 e. The molecule has 1 amide bonds. The van der Waals surface area contributed by atoms with Gasteiger partial charge < -0.3 is 14.8 Å². The van der Waals surface area contributed by atoms with E-state index in [0.717, 1.165) is 29.2 Å². The van der Waals surface area contributed by atoms with Gasteiger partial charge in [0.05, 0.1) is 12.0 Å². The van der Waals surface area contributed by atoms with Crippen LogP contribution in [0.2, 0.25) is 0 Å². The number of aromatic nitrogens is 3. The first-order chi connectivity index (χ1) is 14.0. The van der Waals surface area contributed by atoms with Crippen molar-refractivity contribution in [3.8, 4) is 11.3 Å². The van der Waals surface area contributed by atoms with Gasteiger partial charge in [-0.2, -0.15) is 0 Å². The number of nitrogens with one attached hydrogen (secondary N) is 1. The van der Waals surface area contributed by atoms with E-state index in [4.69, 9.17) is 0 Å². The third kappa shape index (κ3) is 4.13. The van der Waals surface area contributed by atoms with Gasteiger partial charge in [-0.25, -0.2) is 14.4 Å². The van der Waals surface area contributed by atoms with E-state index in [1.165, 1.54) is 0 Å². The molecule has 2 aromatic heterocycles. The second-order valence-corrected chi connectivity index (χ2v) is 7.44. The van der Waals surface area contributed by atoms with Gasteiger partial charge in [0, 0.05) is 43.6 Å². The van der Waals surface area contributed by atoms with Crippen LogP contribution in [0.25, 0.3) is 11.3 Å². The predicted octanol–water partition coefficient (Wildman–Crippen LogP) is 3.51. The molecular formula is C22H24FN5O. The molecule has 4 rings (SSSR count). The van der Waals surface area contributed by atoms with E-state index in [1.54, 1.807) is 35.5 Å². The first-order valence-corrected chi connectivity index (χ1v) is 9.71. The Balaban J connectivity index is 1.39. The Morgan fingerprint density at radius 2 is 2.03 bits per heavy atom. The number of pyridine rings is 1. The zero-order valence-electron chi connectivity index (χ0n) is 16.5. The van der Waals surface area contributed by atoms with Gasteiger partial charge >= 0.3 is 0 Å². The zero-order valence-corrected chi connectivity index (χ0v) is 16.5. The number of carbonyl (C=O) groups excluding carboxylic acids is 1. The molecule has 150 valence electrons. The molecule has 0 radical (unpaired) electrons. The lowest BCUT2D eigenvalue weighted by atomic mass is 10.1. The fourth-order valence-electron chi connectivity index (χ4n) is 3.68. The molecule has 1 saturated heterocycles. The lowest BCUT2D eigenvalue weighted by molar-refractivity contribution is -0.135. The first kappa shape index (κ1) is 19.1. The van der Waals surface area contributed by atoms with Crippen molar-refractivity contribution in [1.82, 2.24) is 19.4 Å². The molecular weight excluding hydrogens is 369 g/mol. The number of halogens is 1. The summed E-state index contributed by atoms with van der Waals surface area (Å²) < 4.78 is 16.5. The molecule has 1 aliphatic heterocycles. The normalized spacial score (nSPS) is 17.3. The average molecular weight is 393 g/mol. The summed E-state index contributed by atoms with van der Waals surface area (Å²) in [6, 6.07) is 12.5. The number of likely N-dealkylation sites (tertiary alicyclic amines) is 1. The molecule has 1 N–H and O–H groups in total. The van der Waals surface area contributed by atoms with Gasteiger partial charge in [-0.1, -0.05) is 30.3 Å². The molecule has 2 atom stereocenters. The van der Waals surface area contributed by atoms with Gasteiger partial charge in [-0.15, -0.1) is 0 Å². The minimum absolute atomic E-state index is 0.0505. The molecule has 0 unspecified atom stereocenters. The number of hydrogen-bond donors (Lipinski definition) is 1. The van der Waals surface area contributed by atoms with E-state index < -0.39 is 12.1 Å². The number of nitrogens with zero attached hydrogens (tertiary/aromatic N) is 4.